The van der Waals surface area contributed by atoms with Crippen LogP contribution in [0.25, 0.3) is 0 Å². The van der Waals surface area contributed by atoms with Crippen LogP contribution in [0, 0.1) is 5.92 Å². The Morgan fingerprint density at radius 1 is 1.20 bits per heavy atom. The smallest absolute Gasteiger partial charge is 0.0208 e. The van der Waals surface area contributed by atoms with Crippen LogP contribution in [0.3, 0.4) is 0 Å². The van der Waals surface area contributed by atoms with E-state index in [2.05, 4.69) is 43.4 Å². The Morgan fingerprint density at radius 3 is 2.40 bits per heavy atom. The number of nitrogens with two attached hydrogens (primary N) is 1. The summed E-state index contributed by atoms with van der Waals surface area (Å²) in [5, 5.41) is 3.49. The highest BCUT2D eigenvalue weighted by Gasteiger charge is 2.07. The molecule has 15 heavy (non-hydrogen) atoms. The zero-order valence-electron chi connectivity index (χ0n) is 9.74. The van der Waals surface area contributed by atoms with Crippen molar-refractivity contribution in [1.29, 1.82) is 0 Å². The Kier molecular flexibility index (Phi) is 5.37. The highest BCUT2D eigenvalue weighted by molar-refractivity contribution is 5.14. The molecule has 0 saturated heterocycles. The second kappa shape index (κ2) is 6.59. The van der Waals surface area contributed by atoms with E-state index < -0.39 is 0 Å². The van der Waals surface area contributed by atoms with Gasteiger partial charge in [-0.3, -0.25) is 0 Å². The molecule has 0 aliphatic heterocycles. The van der Waals surface area contributed by atoms with Gasteiger partial charge >= 0.3 is 0 Å². The third kappa shape index (κ3) is 4.96. The van der Waals surface area contributed by atoms with Crippen LogP contribution in [0.1, 0.15) is 25.8 Å². The van der Waals surface area contributed by atoms with Crippen LogP contribution in [0.4, 0.5) is 0 Å². The largest absolute Gasteiger partial charge is 0.329 e. The molecule has 1 rings (SSSR count). The Bertz CT molecular complexity index is 256. The van der Waals surface area contributed by atoms with E-state index in [1.165, 1.54) is 5.56 Å². The summed E-state index contributed by atoms with van der Waals surface area (Å²) in [7, 11) is 0. The predicted molar refractivity (Wildman–Crippen MR) is 65.6 cm³/mol. The lowest BCUT2D eigenvalue weighted by atomic mass is 10.0. The van der Waals surface area contributed by atoms with Crippen molar-refractivity contribution in [2.24, 2.45) is 11.7 Å². The molecule has 2 nitrogen and oxygen atoms in total. The van der Waals surface area contributed by atoms with Gasteiger partial charge in [-0.1, -0.05) is 44.2 Å². The van der Waals surface area contributed by atoms with Gasteiger partial charge in [-0.25, -0.2) is 0 Å². The van der Waals surface area contributed by atoms with Gasteiger partial charge in [0.1, 0.15) is 0 Å². The van der Waals surface area contributed by atoms with Crippen LogP contribution < -0.4 is 11.1 Å². The first-order chi connectivity index (χ1) is 7.22. The second-order valence-corrected chi connectivity index (χ2v) is 4.43. The SMILES string of the molecule is CC(C)C[C@H](CN)NCc1ccccc1. The van der Waals surface area contributed by atoms with Gasteiger partial charge in [0.25, 0.3) is 0 Å². The average Bonchev–Trinajstić information content (AvgIpc) is 2.25. The quantitative estimate of drug-likeness (QED) is 0.748. The van der Waals surface area contributed by atoms with Crippen molar-refractivity contribution in [3.63, 3.8) is 0 Å². The van der Waals surface area contributed by atoms with Gasteiger partial charge in [-0.05, 0) is 17.9 Å². The maximum absolute atomic E-state index is 5.72. The second-order valence-electron chi connectivity index (χ2n) is 4.43. The topological polar surface area (TPSA) is 38.0 Å². The van der Waals surface area contributed by atoms with Crippen molar-refractivity contribution in [2.75, 3.05) is 6.54 Å². The normalized spacial score (nSPS) is 13.1. The molecule has 2 heteroatoms. The lowest BCUT2D eigenvalue weighted by Gasteiger charge is -2.18. The van der Waals surface area contributed by atoms with Gasteiger partial charge in [0.05, 0.1) is 0 Å². The molecule has 0 aliphatic carbocycles. The molecule has 0 unspecified atom stereocenters. The number of nitrogens with one attached hydrogen (secondary N) is 1. The molecule has 0 saturated carbocycles. The van der Waals surface area contributed by atoms with Crippen molar-refractivity contribution in [2.45, 2.75) is 32.9 Å². The van der Waals surface area contributed by atoms with Gasteiger partial charge in [0.2, 0.25) is 0 Å². The lowest BCUT2D eigenvalue weighted by Crippen LogP contribution is -2.36. The lowest BCUT2D eigenvalue weighted by molar-refractivity contribution is 0.423. The molecule has 0 bridgehead atoms. The van der Waals surface area contributed by atoms with E-state index >= 15 is 0 Å². The van der Waals surface area contributed by atoms with E-state index in [4.69, 9.17) is 5.73 Å². The van der Waals surface area contributed by atoms with E-state index in [9.17, 15) is 0 Å². The minimum absolute atomic E-state index is 0.435. The van der Waals surface area contributed by atoms with E-state index in [0.717, 1.165) is 13.0 Å². The minimum Gasteiger partial charge on any atom is -0.329 e. The zero-order chi connectivity index (χ0) is 11.1. The molecule has 3 N–H and O–H groups in total. The van der Waals surface area contributed by atoms with E-state index in [1.54, 1.807) is 0 Å². The molecule has 1 aromatic rings. The molecule has 0 aromatic heterocycles. The van der Waals surface area contributed by atoms with Crippen LogP contribution in [0.15, 0.2) is 30.3 Å². The molecule has 0 spiro atoms. The average molecular weight is 206 g/mol. The summed E-state index contributed by atoms with van der Waals surface area (Å²) in [5.74, 6) is 0.696. The Labute approximate surface area is 92.9 Å². The standard InChI is InChI=1S/C13H22N2/c1-11(2)8-13(9-14)15-10-12-6-4-3-5-7-12/h3-7,11,13,15H,8-10,14H2,1-2H3/t13-/m1/s1. The number of benzene rings is 1. The van der Waals surface area contributed by atoms with Crippen LogP contribution in [-0.2, 0) is 6.54 Å². The van der Waals surface area contributed by atoms with Crippen molar-refractivity contribution < 1.29 is 0 Å². The number of hydrogen-bond donors (Lipinski definition) is 2. The van der Waals surface area contributed by atoms with Crippen molar-refractivity contribution in [1.82, 2.24) is 5.32 Å². The van der Waals surface area contributed by atoms with Crippen LogP contribution in [-0.4, -0.2) is 12.6 Å². The summed E-state index contributed by atoms with van der Waals surface area (Å²) < 4.78 is 0. The third-order valence-corrected chi connectivity index (χ3v) is 2.48. The van der Waals surface area contributed by atoms with Gasteiger partial charge in [-0.15, -0.1) is 0 Å². The molecule has 0 radical (unpaired) electrons. The Balaban J connectivity index is 2.34. The van der Waals surface area contributed by atoms with Gasteiger partial charge < -0.3 is 11.1 Å². The Hall–Kier alpha value is -0.860. The van der Waals surface area contributed by atoms with Gasteiger partial charge in [0.15, 0.2) is 0 Å². The molecular weight excluding hydrogens is 184 g/mol. The third-order valence-electron chi connectivity index (χ3n) is 2.48. The fourth-order valence-electron chi connectivity index (χ4n) is 1.69. The first kappa shape index (κ1) is 12.2. The maximum atomic E-state index is 5.72. The van der Waals surface area contributed by atoms with E-state index in [1.807, 2.05) is 6.07 Å². The fourth-order valence-corrected chi connectivity index (χ4v) is 1.69. The molecular formula is C13H22N2. The summed E-state index contributed by atoms with van der Waals surface area (Å²) in [5.41, 5.74) is 7.04. The highest BCUT2D eigenvalue weighted by Crippen LogP contribution is 2.05. The zero-order valence-corrected chi connectivity index (χ0v) is 9.74. The molecule has 0 aliphatic rings. The van der Waals surface area contributed by atoms with E-state index in [-0.39, 0.29) is 0 Å². The summed E-state index contributed by atoms with van der Waals surface area (Å²) in [6, 6.07) is 10.9. The van der Waals surface area contributed by atoms with Gasteiger partial charge in [-0.2, -0.15) is 0 Å². The highest BCUT2D eigenvalue weighted by atomic mass is 14.9. The first-order valence-corrected chi connectivity index (χ1v) is 5.69. The minimum atomic E-state index is 0.435. The summed E-state index contributed by atoms with van der Waals surface area (Å²) in [4.78, 5) is 0. The first-order valence-electron chi connectivity index (χ1n) is 5.69. The van der Waals surface area contributed by atoms with Crippen molar-refractivity contribution in [3.8, 4) is 0 Å². The van der Waals surface area contributed by atoms with Crippen molar-refractivity contribution >= 4 is 0 Å². The fraction of sp³-hybridized carbons (Fsp3) is 0.538. The molecule has 1 atom stereocenters. The maximum Gasteiger partial charge on any atom is 0.0208 e. The van der Waals surface area contributed by atoms with Gasteiger partial charge in [0, 0.05) is 19.1 Å². The summed E-state index contributed by atoms with van der Waals surface area (Å²) >= 11 is 0. The Morgan fingerprint density at radius 2 is 1.87 bits per heavy atom. The number of hydrogen-bond acceptors (Lipinski definition) is 2. The van der Waals surface area contributed by atoms with Crippen LogP contribution in [0.5, 0.6) is 0 Å². The number of rotatable bonds is 6. The monoisotopic (exact) mass is 206 g/mol. The molecule has 0 fully saturated rings. The van der Waals surface area contributed by atoms with Crippen LogP contribution in [0.2, 0.25) is 0 Å². The molecule has 0 heterocycles. The predicted octanol–water partition coefficient (Wildman–Crippen LogP) is 2.15. The molecule has 0 amide bonds. The van der Waals surface area contributed by atoms with Crippen molar-refractivity contribution in [3.05, 3.63) is 35.9 Å². The van der Waals surface area contributed by atoms with E-state index in [0.29, 0.717) is 18.5 Å². The van der Waals surface area contributed by atoms with Crippen LogP contribution >= 0.6 is 0 Å². The summed E-state index contributed by atoms with van der Waals surface area (Å²) in [6.07, 6.45) is 1.14. The molecule has 1 aromatic carbocycles. The summed E-state index contributed by atoms with van der Waals surface area (Å²) in [6.45, 7) is 6.08. The molecule has 84 valence electrons.